The molecule has 0 bridgehead atoms. The molecule has 0 aliphatic carbocycles. The fourth-order valence-corrected chi connectivity index (χ4v) is 3.34. The molecule has 0 fully saturated rings. The van der Waals surface area contributed by atoms with Gasteiger partial charge in [-0.2, -0.15) is 0 Å². The zero-order valence-corrected chi connectivity index (χ0v) is 21.1. The smallest absolute Gasteiger partial charge is 0.322 e. The van der Waals surface area contributed by atoms with E-state index < -0.39 is 48.4 Å². The molecule has 0 aliphatic heterocycles. The molecule has 0 aromatic heterocycles. The Hall–Kier alpha value is -4.40. The minimum absolute atomic E-state index is 0.107. The summed E-state index contributed by atoms with van der Waals surface area (Å²) in [6.07, 6.45) is 1.15. The molecule has 1 rings (SSSR count). The first-order chi connectivity index (χ1) is 18.0. The molecular weight excluding hydrogens is 496 g/mol. The van der Waals surface area contributed by atoms with Gasteiger partial charge in [-0.1, -0.05) is 30.3 Å². The molecule has 38 heavy (non-hydrogen) atoms. The van der Waals surface area contributed by atoms with Gasteiger partial charge in [0.15, 0.2) is 11.9 Å². The summed E-state index contributed by atoms with van der Waals surface area (Å²) in [7, 11) is 0. The monoisotopic (exact) mass is 534 g/mol. The second-order valence-electron chi connectivity index (χ2n) is 8.43. The lowest BCUT2D eigenvalue weighted by atomic mass is 10.0. The number of aliphatic carboxylic acids is 1. The molecule has 0 heterocycles. The number of carbonyl (C=O) groups excluding carboxylic acids is 3. The van der Waals surface area contributed by atoms with Crippen molar-refractivity contribution < 1.29 is 24.3 Å². The quantitative estimate of drug-likeness (QED) is 0.0549. The molecule has 0 spiro atoms. The van der Waals surface area contributed by atoms with Gasteiger partial charge in [0, 0.05) is 13.1 Å². The molecule has 1 aromatic rings. The Morgan fingerprint density at radius 2 is 1.29 bits per heavy atom. The molecule has 0 saturated carbocycles. The molecule has 0 saturated heterocycles. The fourth-order valence-electron chi connectivity index (χ4n) is 3.34. The van der Waals surface area contributed by atoms with Crippen molar-refractivity contribution in [2.75, 3.05) is 19.6 Å². The minimum Gasteiger partial charge on any atom is -0.480 e. The maximum Gasteiger partial charge on any atom is 0.322 e. The van der Waals surface area contributed by atoms with E-state index in [2.05, 4.69) is 25.9 Å². The Balaban J connectivity index is 2.96. The van der Waals surface area contributed by atoms with Crippen LogP contribution in [0.25, 0.3) is 0 Å². The summed E-state index contributed by atoms with van der Waals surface area (Å²) in [6.45, 7) is -0.237. The van der Waals surface area contributed by atoms with Gasteiger partial charge in [0.05, 0.1) is 6.04 Å². The predicted molar refractivity (Wildman–Crippen MR) is 142 cm³/mol. The van der Waals surface area contributed by atoms with Crippen LogP contribution in [0, 0.1) is 0 Å². The van der Waals surface area contributed by atoms with Crippen LogP contribution in [0.4, 0.5) is 0 Å². The predicted octanol–water partition coefficient (Wildman–Crippen LogP) is -3.17. The summed E-state index contributed by atoms with van der Waals surface area (Å²) < 4.78 is 0. The van der Waals surface area contributed by atoms with Gasteiger partial charge < -0.3 is 49.7 Å². The lowest BCUT2D eigenvalue weighted by Crippen LogP contribution is -2.56. The van der Waals surface area contributed by atoms with E-state index in [1.54, 1.807) is 0 Å². The van der Waals surface area contributed by atoms with Crippen molar-refractivity contribution in [2.45, 2.75) is 50.2 Å². The van der Waals surface area contributed by atoms with Gasteiger partial charge >= 0.3 is 5.97 Å². The average molecular weight is 535 g/mol. The Morgan fingerprint density at radius 1 is 0.789 bits per heavy atom. The van der Waals surface area contributed by atoms with E-state index >= 15 is 0 Å². The minimum atomic E-state index is -1.25. The highest BCUT2D eigenvalue weighted by molar-refractivity contribution is 5.93. The van der Waals surface area contributed by atoms with Crippen molar-refractivity contribution in [3.05, 3.63) is 35.9 Å². The Bertz CT molecular complexity index is 978. The number of nitrogens with two attached hydrogens (primary N) is 5. The average Bonchev–Trinajstić information content (AvgIpc) is 2.86. The van der Waals surface area contributed by atoms with E-state index in [4.69, 9.17) is 33.8 Å². The summed E-state index contributed by atoms with van der Waals surface area (Å²) in [6, 6.07) is 6.04. The van der Waals surface area contributed by atoms with Crippen LogP contribution in [0.15, 0.2) is 40.3 Å². The number of hydrogen-bond acceptors (Lipinski definition) is 7. The van der Waals surface area contributed by atoms with Crippen LogP contribution < -0.4 is 44.6 Å². The Kier molecular flexibility index (Phi) is 14.3. The lowest BCUT2D eigenvalue weighted by molar-refractivity contribution is -0.138. The van der Waals surface area contributed by atoms with Crippen molar-refractivity contribution in [1.29, 1.82) is 0 Å². The molecule has 0 unspecified atom stereocenters. The van der Waals surface area contributed by atoms with E-state index in [0.717, 1.165) is 5.56 Å². The van der Waals surface area contributed by atoms with Gasteiger partial charge in [-0.15, -0.1) is 0 Å². The number of rotatable bonds is 17. The van der Waals surface area contributed by atoms with Crippen molar-refractivity contribution in [2.24, 2.45) is 38.7 Å². The fraction of sp³-hybridized carbons (Fsp3) is 0.478. The van der Waals surface area contributed by atoms with Crippen LogP contribution in [0.3, 0.4) is 0 Å². The van der Waals surface area contributed by atoms with Gasteiger partial charge in [-0.3, -0.25) is 29.2 Å². The SMILES string of the molecule is NC(N)=NCCC[C@H](NC(=O)[C@H](N)Cc1ccccc1)C(=O)N[C@@H](CCCN=C(N)N)C(=O)NCC(=O)O. The van der Waals surface area contributed by atoms with Crippen molar-refractivity contribution in [1.82, 2.24) is 16.0 Å². The number of hydrogen-bond donors (Lipinski definition) is 9. The first kappa shape index (κ1) is 31.6. The zero-order chi connectivity index (χ0) is 28.5. The molecule has 210 valence electrons. The number of nitrogens with one attached hydrogen (secondary N) is 3. The number of carbonyl (C=O) groups is 4. The van der Waals surface area contributed by atoms with Gasteiger partial charge in [-0.25, -0.2) is 0 Å². The van der Waals surface area contributed by atoms with Crippen LogP contribution in [0.1, 0.15) is 31.2 Å². The second kappa shape index (κ2) is 17.1. The van der Waals surface area contributed by atoms with Gasteiger partial charge in [0.1, 0.15) is 18.6 Å². The molecule has 3 amide bonds. The molecule has 14 N–H and O–H groups in total. The first-order valence-corrected chi connectivity index (χ1v) is 12.0. The molecule has 15 heteroatoms. The van der Waals surface area contributed by atoms with Crippen LogP contribution in [0.5, 0.6) is 0 Å². The van der Waals surface area contributed by atoms with Crippen LogP contribution in [-0.4, -0.2) is 78.5 Å². The van der Waals surface area contributed by atoms with Crippen LogP contribution in [0.2, 0.25) is 0 Å². The highest BCUT2D eigenvalue weighted by Crippen LogP contribution is 2.06. The maximum absolute atomic E-state index is 13.2. The Morgan fingerprint density at radius 3 is 1.79 bits per heavy atom. The molecular formula is C23H38N10O5. The highest BCUT2D eigenvalue weighted by atomic mass is 16.4. The second-order valence-corrected chi connectivity index (χ2v) is 8.43. The number of carboxylic acid groups (broad SMARTS) is 1. The summed E-state index contributed by atoms with van der Waals surface area (Å²) in [5, 5.41) is 16.3. The number of carboxylic acids is 1. The van der Waals surface area contributed by atoms with Crippen molar-refractivity contribution >= 4 is 35.6 Å². The third-order valence-electron chi connectivity index (χ3n) is 5.21. The third-order valence-corrected chi connectivity index (χ3v) is 5.21. The topological polar surface area (TPSA) is 279 Å². The normalized spacial score (nSPS) is 12.8. The molecule has 0 radical (unpaired) electrons. The standard InChI is InChI=1S/C23H38N10O5/c24-15(12-14-6-2-1-3-7-14)19(36)32-17(9-5-11-30-23(27)28)21(38)33-16(8-4-10-29-22(25)26)20(37)31-13-18(34)35/h1-3,6-7,15-17H,4-5,8-13,24H2,(H,31,37)(H,32,36)(H,33,38)(H,34,35)(H4,25,26,29)(H4,27,28,30)/t15-,16+,17+/m1/s1. The molecule has 15 nitrogen and oxygen atoms in total. The number of guanidine groups is 2. The highest BCUT2D eigenvalue weighted by Gasteiger charge is 2.28. The largest absolute Gasteiger partial charge is 0.480 e. The van der Waals surface area contributed by atoms with E-state index in [1.807, 2.05) is 30.3 Å². The molecule has 1 aromatic carbocycles. The van der Waals surface area contributed by atoms with Crippen molar-refractivity contribution in [3.63, 3.8) is 0 Å². The van der Waals surface area contributed by atoms with Gasteiger partial charge in [0.2, 0.25) is 17.7 Å². The molecule has 0 aliphatic rings. The molecule has 3 atom stereocenters. The zero-order valence-electron chi connectivity index (χ0n) is 21.1. The summed E-state index contributed by atoms with van der Waals surface area (Å²) in [5.74, 6) is -3.42. The maximum atomic E-state index is 13.2. The van der Waals surface area contributed by atoms with E-state index in [0.29, 0.717) is 12.8 Å². The van der Waals surface area contributed by atoms with Crippen LogP contribution >= 0.6 is 0 Å². The summed E-state index contributed by atoms with van der Waals surface area (Å²) >= 11 is 0. The third kappa shape index (κ3) is 13.6. The van der Waals surface area contributed by atoms with E-state index in [9.17, 15) is 19.2 Å². The van der Waals surface area contributed by atoms with E-state index in [-0.39, 0.29) is 44.3 Å². The summed E-state index contributed by atoms with van der Waals surface area (Å²) in [4.78, 5) is 57.1. The number of benzene rings is 1. The van der Waals surface area contributed by atoms with Gasteiger partial charge in [-0.05, 0) is 37.7 Å². The first-order valence-electron chi connectivity index (χ1n) is 12.0. The lowest BCUT2D eigenvalue weighted by Gasteiger charge is -2.24. The summed E-state index contributed by atoms with van der Waals surface area (Å²) in [5.41, 5.74) is 28.2. The number of amides is 3. The number of aliphatic imine (C=N–C) groups is 2. The van der Waals surface area contributed by atoms with Crippen LogP contribution in [-0.2, 0) is 25.6 Å². The van der Waals surface area contributed by atoms with Crippen molar-refractivity contribution in [3.8, 4) is 0 Å². The van der Waals surface area contributed by atoms with E-state index in [1.165, 1.54) is 0 Å². The van der Waals surface area contributed by atoms with Gasteiger partial charge in [0.25, 0.3) is 0 Å². The number of nitrogens with zero attached hydrogens (tertiary/aromatic N) is 2. The Labute approximate surface area is 220 Å².